The van der Waals surface area contributed by atoms with Crippen LogP contribution in [0.2, 0.25) is 0 Å². The summed E-state index contributed by atoms with van der Waals surface area (Å²) in [6, 6.07) is 79.1. The molecule has 12 aromatic rings. The van der Waals surface area contributed by atoms with Crippen molar-refractivity contribution >= 4 is 66.4 Å². The van der Waals surface area contributed by atoms with Gasteiger partial charge in [-0.05, 0) is 213 Å². The van der Waals surface area contributed by atoms with Crippen molar-refractivity contribution in [3.63, 3.8) is 0 Å². The van der Waals surface area contributed by atoms with Crippen molar-refractivity contribution in [2.24, 2.45) is 0 Å². The fourth-order valence-electron chi connectivity index (χ4n) is 10.9. The van der Waals surface area contributed by atoms with Crippen LogP contribution >= 0.6 is 0 Å². The van der Waals surface area contributed by atoms with Crippen LogP contribution in [0.1, 0.15) is 22.3 Å². The summed E-state index contributed by atoms with van der Waals surface area (Å²) in [6.45, 7) is 8.63. The lowest BCUT2D eigenvalue weighted by atomic mass is 9.90. The Bertz CT molecular complexity index is 3610. The second-order valence-electron chi connectivity index (χ2n) is 19.0. The molecule has 0 bridgehead atoms. The average molecular weight is 933 g/mol. The van der Waals surface area contributed by atoms with E-state index in [1.165, 1.54) is 22.3 Å². The summed E-state index contributed by atoms with van der Waals surface area (Å²) in [5, 5.41) is 6.58. The fraction of sp³-hybridized carbons (Fsp3) is 0.0588. The lowest BCUT2D eigenvalue weighted by Gasteiger charge is -2.30. The first-order chi connectivity index (χ1) is 35.2. The lowest BCUT2D eigenvalue weighted by molar-refractivity contribution is 0.627. The molecule has 0 radical (unpaired) electrons. The minimum absolute atomic E-state index is 0.294. The Balaban J connectivity index is 1.11. The van der Waals surface area contributed by atoms with E-state index in [1.54, 1.807) is 24.3 Å². The van der Waals surface area contributed by atoms with Gasteiger partial charge in [0, 0.05) is 33.5 Å². The van der Waals surface area contributed by atoms with E-state index in [2.05, 4.69) is 219 Å². The highest BCUT2D eigenvalue weighted by Crippen LogP contribution is 2.49. The van der Waals surface area contributed by atoms with E-state index < -0.39 is 0 Å². The molecule has 0 aromatic heterocycles. The van der Waals surface area contributed by atoms with Gasteiger partial charge in [0.1, 0.15) is 11.6 Å². The molecule has 0 saturated heterocycles. The van der Waals surface area contributed by atoms with E-state index in [9.17, 15) is 8.78 Å². The highest BCUT2D eigenvalue weighted by Gasteiger charge is 2.24. The van der Waals surface area contributed by atoms with Crippen LogP contribution in [0.5, 0.6) is 0 Å². The van der Waals surface area contributed by atoms with E-state index in [1.807, 2.05) is 24.3 Å². The third-order valence-electron chi connectivity index (χ3n) is 14.4. The number of nitrogens with zero attached hydrogens (tertiary/aromatic N) is 2. The molecule has 0 aliphatic carbocycles. The van der Waals surface area contributed by atoms with Gasteiger partial charge in [-0.25, -0.2) is 8.78 Å². The third kappa shape index (κ3) is 7.92. The van der Waals surface area contributed by atoms with Crippen LogP contribution in [0.3, 0.4) is 0 Å². The molecule has 4 heteroatoms. The number of rotatable bonds is 10. The molecule has 0 spiro atoms. The van der Waals surface area contributed by atoms with Crippen molar-refractivity contribution < 1.29 is 8.78 Å². The number of hydrogen-bond acceptors (Lipinski definition) is 2. The molecule has 0 saturated carbocycles. The first-order valence-electron chi connectivity index (χ1n) is 24.5. The predicted molar refractivity (Wildman–Crippen MR) is 300 cm³/mol. The molecular formula is C68H50F2N2. The van der Waals surface area contributed by atoms with Gasteiger partial charge < -0.3 is 9.80 Å². The van der Waals surface area contributed by atoms with Gasteiger partial charge in [0.05, 0.1) is 11.4 Å². The molecule has 0 N–H and O–H groups in total. The Hall–Kier alpha value is -8.86. The van der Waals surface area contributed by atoms with Gasteiger partial charge in [-0.2, -0.15) is 0 Å². The monoisotopic (exact) mass is 932 g/mol. The topological polar surface area (TPSA) is 6.48 Å². The summed E-state index contributed by atoms with van der Waals surface area (Å²) in [7, 11) is 0. The average Bonchev–Trinajstić information content (AvgIpc) is 3.40. The first kappa shape index (κ1) is 44.4. The summed E-state index contributed by atoms with van der Waals surface area (Å²) in [4.78, 5) is 4.57. The van der Waals surface area contributed by atoms with Crippen molar-refractivity contribution in [2.75, 3.05) is 9.80 Å². The summed E-state index contributed by atoms with van der Waals surface area (Å²) in [5.74, 6) is -0.589. The lowest BCUT2D eigenvalue weighted by Crippen LogP contribution is -2.12. The van der Waals surface area contributed by atoms with Crippen LogP contribution in [0, 0.1) is 39.3 Å². The molecule has 346 valence electrons. The molecule has 12 rings (SSSR count). The Kier molecular flexibility index (Phi) is 11.2. The van der Waals surface area contributed by atoms with Gasteiger partial charge >= 0.3 is 0 Å². The van der Waals surface area contributed by atoms with Crippen molar-refractivity contribution in [2.45, 2.75) is 27.7 Å². The summed E-state index contributed by atoms with van der Waals surface area (Å²) in [6.07, 6.45) is 0. The zero-order valence-corrected chi connectivity index (χ0v) is 40.6. The first-order valence-corrected chi connectivity index (χ1v) is 24.5. The number of aryl methyl sites for hydroxylation is 4. The molecular weight excluding hydrogens is 883 g/mol. The van der Waals surface area contributed by atoms with Crippen molar-refractivity contribution in [1.82, 2.24) is 0 Å². The molecule has 12 aromatic carbocycles. The van der Waals surface area contributed by atoms with E-state index >= 15 is 0 Å². The van der Waals surface area contributed by atoms with E-state index in [4.69, 9.17) is 0 Å². The molecule has 0 heterocycles. The Morgan fingerprint density at radius 3 is 0.875 bits per heavy atom. The third-order valence-corrected chi connectivity index (χ3v) is 14.4. The van der Waals surface area contributed by atoms with Crippen LogP contribution in [-0.2, 0) is 0 Å². The zero-order chi connectivity index (χ0) is 49.0. The van der Waals surface area contributed by atoms with Crippen LogP contribution in [0.15, 0.2) is 231 Å². The standard InChI is InChI=1S/C68H50F2N2/c1-43-13-5-9-17-59(43)49-37-50(60-18-10-6-14-44(60)2)40-57(39-49)71(55-29-25-53(69)26-30-55)65-35-23-47-22-34-64-66(36-24-48-21-33-63(65)67(47)68(48)64)72(56-31-27-54(70)28-32-56)58-41-51(61-19-11-7-15-45(61)3)38-52(42-58)62-20-12-8-16-46(62)4/h5-42H,1-4H3. The van der Waals surface area contributed by atoms with E-state index in [-0.39, 0.29) is 11.6 Å². The van der Waals surface area contributed by atoms with Gasteiger partial charge in [-0.1, -0.05) is 133 Å². The molecule has 2 nitrogen and oxygen atoms in total. The predicted octanol–water partition coefficient (Wildman–Crippen LogP) is 19.7. The van der Waals surface area contributed by atoms with Gasteiger partial charge in [0.15, 0.2) is 0 Å². The van der Waals surface area contributed by atoms with E-state index in [0.717, 1.165) is 111 Å². The number of hydrogen-bond donors (Lipinski definition) is 0. The summed E-state index contributed by atoms with van der Waals surface area (Å²) < 4.78 is 29.8. The second-order valence-corrected chi connectivity index (χ2v) is 19.0. The van der Waals surface area contributed by atoms with Crippen molar-refractivity contribution in [3.05, 3.63) is 264 Å². The van der Waals surface area contributed by atoms with Crippen LogP contribution in [0.4, 0.5) is 42.9 Å². The molecule has 0 fully saturated rings. The highest BCUT2D eigenvalue weighted by molar-refractivity contribution is 6.28. The molecule has 0 amide bonds. The molecule has 0 atom stereocenters. The zero-order valence-electron chi connectivity index (χ0n) is 40.6. The number of benzene rings is 12. The maximum absolute atomic E-state index is 14.9. The Morgan fingerprint density at radius 2 is 0.569 bits per heavy atom. The van der Waals surface area contributed by atoms with Crippen molar-refractivity contribution in [1.29, 1.82) is 0 Å². The van der Waals surface area contributed by atoms with Gasteiger partial charge in [-0.15, -0.1) is 0 Å². The molecule has 72 heavy (non-hydrogen) atoms. The maximum Gasteiger partial charge on any atom is 0.123 e. The second kappa shape index (κ2) is 18.1. The highest BCUT2D eigenvalue weighted by atomic mass is 19.1. The van der Waals surface area contributed by atoms with Gasteiger partial charge in [0.25, 0.3) is 0 Å². The Morgan fingerprint density at radius 1 is 0.278 bits per heavy atom. The Labute approximate surface area is 419 Å². The fourth-order valence-corrected chi connectivity index (χ4v) is 10.9. The summed E-state index contributed by atoms with van der Waals surface area (Å²) >= 11 is 0. The van der Waals surface area contributed by atoms with Gasteiger partial charge in [0.2, 0.25) is 0 Å². The largest absolute Gasteiger partial charge is 0.310 e. The minimum Gasteiger partial charge on any atom is -0.310 e. The quantitative estimate of drug-likeness (QED) is 0.126. The van der Waals surface area contributed by atoms with E-state index in [0.29, 0.717) is 0 Å². The number of halogens is 2. The number of anilines is 6. The van der Waals surface area contributed by atoms with Crippen LogP contribution in [0.25, 0.3) is 76.8 Å². The normalized spacial score (nSPS) is 11.5. The van der Waals surface area contributed by atoms with Gasteiger partial charge in [-0.3, -0.25) is 0 Å². The maximum atomic E-state index is 14.9. The van der Waals surface area contributed by atoms with Crippen LogP contribution in [-0.4, -0.2) is 0 Å². The van der Waals surface area contributed by atoms with Crippen molar-refractivity contribution in [3.8, 4) is 44.5 Å². The van der Waals surface area contributed by atoms with Crippen LogP contribution < -0.4 is 9.80 Å². The molecule has 0 aliphatic heterocycles. The molecule has 0 aliphatic rings. The SMILES string of the molecule is Cc1ccccc1-c1cc(-c2ccccc2C)cc(N(c2ccc(F)cc2)c2ccc3ccc4c(N(c5ccc(F)cc5)c5cc(-c6ccccc6C)cc(-c6ccccc6C)c5)ccc5ccc2c3c54)c1. The molecule has 0 unspecified atom stereocenters. The summed E-state index contributed by atoms with van der Waals surface area (Å²) in [5.41, 5.74) is 19.2. The smallest absolute Gasteiger partial charge is 0.123 e. The minimum atomic E-state index is -0.294.